The first-order valence-corrected chi connectivity index (χ1v) is 5.57. The summed E-state index contributed by atoms with van der Waals surface area (Å²) in [4.78, 5) is 0. The van der Waals surface area contributed by atoms with Crippen molar-refractivity contribution in [1.82, 2.24) is 0 Å². The van der Waals surface area contributed by atoms with Crippen LogP contribution >= 0.6 is 11.6 Å². The fourth-order valence-corrected chi connectivity index (χ4v) is 1.96. The van der Waals surface area contributed by atoms with Crippen LogP contribution in [0.15, 0.2) is 30.0 Å². The molecule has 1 atom stereocenters. The van der Waals surface area contributed by atoms with Crippen molar-refractivity contribution in [2.24, 2.45) is 5.73 Å². The van der Waals surface area contributed by atoms with Crippen molar-refractivity contribution >= 4 is 11.6 Å². The van der Waals surface area contributed by atoms with Gasteiger partial charge in [0.25, 0.3) is 0 Å². The summed E-state index contributed by atoms with van der Waals surface area (Å²) < 4.78 is 18.2. The van der Waals surface area contributed by atoms with Crippen LogP contribution in [-0.2, 0) is 11.2 Å². The third kappa shape index (κ3) is 2.54. The van der Waals surface area contributed by atoms with Crippen LogP contribution in [0.25, 0.3) is 0 Å². The molecule has 0 bridgehead atoms. The SMILES string of the molecule is NC(Cc1ccc(F)cc1Cl)C1=CCCO1. The number of hydrogen-bond donors (Lipinski definition) is 1. The molecule has 1 aliphatic rings. The Labute approximate surface area is 98.8 Å². The maximum absolute atomic E-state index is 12.8. The first-order chi connectivity index (χ1) is 7.66. The lowest BCUT2D eigenvalue weighted by Crippen LogP contribution is -2.25. The van der Waals surface area contributed by atoms with Gasteiger partial charge in [-0.25, -0.2) is 4.39 Å². The smallest absolute Gasteiger partial charge is 0.124 e. The van der Waals surface area contributed by atoms with Crippen LogP contribution in [0.3, 0.4) is 0 Å². The van der Waals surface area contributed by atoms with Gasteiger partial charge in [-0.05, 0) is 30.2 Å². The van der Waals surface area contributed by atoms with Crippen molar-refractivity contribution in [1.29, 1.82) is 0 Å². The molecule has 0 amide bonds. The zero-order valence-electron chi connectivity index (χ0n) is 8.75. The van der Waals surface area contributed by atoms with Gasteiger partial charge in [0.05, 0.1) is 12.6 Å². The third-order valence-electron chi connectivity index (χ3n) is 2.55. The lowest BCUT2D eigenvalue weighted by molar-refractivity contribution is 0.224. The molecule has 1 heterocycles. The molecular formula is C12H13ClFNO. The van der Waals surface area contributed by atoms with Gasteiger partial charge in [0.15, 0.2) is 0 Å². The van der Waals surface area contributed by atoms with Crippen LogP contribution in [0.5, 0.6) is 0 Å². The molecule has 0 spiro atoms. The van der Waals surface area contributed by atoms with E-state index in [1.54, 1.807) is 6.07 Å². The van der Waals surface area contributed by atoms with E-state index in [4.69, 9.17) is 22.1 Å². The number of ether oxygens (including phenoxy) is 1. The molecule has 0 radical (unpaired) electrons. The van der Waals surface area contributed by atoms with Crippen LogP contribution in [-0.4, -0.2) is 12.6 Å². The Morgan fingerprint density at radius 1 is 1.50 bits per heavy atom. The Morgan fingerprint density at radius 2 is 2.31 bits per heavy atom. The molecule has 0 aromatic heterocycles. The summed E-state index contributed by atoms with van der Waals surface area (Å²) in [6.45, 7) is 0.695. The van der Waals surface area contributed by atoms with Gasteiger partial charge in [-0.15, -0.1) is 0 Å². The van der Waals surface area contributed by atoms with Crippen molar-refractivity contribution in [2.75, 3.05) is 6.61 Å². The first kappa shape index (κ1) is 11.4. The molecule has 4 heteroatoms. The second-order valence-corrected chi connectivity index (χ2v) is 4.20. The van der Waals surface area contributed by atoms with Gasteiger partial charge < -0.3 is 10.5 Å². The lowest BCUT2D eigenvalue weighted by atomic mass is 10.0. The Hall–Kier alpha value is -1.06. The molecule has 0 aliphatic carbocycles. The van der Waals surface area contributed by atoms with E-state index in [0.717, 1.165) is 17.7 Å². The second-order valence-electron chi connectivity index (χ2n) is 3.79. The van der Waals surface area contributed by atoms with E-state index < -0.39 is 0 Å². The Kier molecular flexibility index (Phi) is 3.46. The molecule has 1 aromatic rings. The largest absolute Gasteiger partial charge is 0.496 e. The van der Waals surface area contributed by atoms with Gasteiger partial charge >= 0.3 is 0 Å². The summed E-state index contributed by atoms with van der Waals surface area (Å²) in [5.41, 5.74) is 6.81. The van der Waals surface area contributed by atoms with Crippen LogP contribution in [0.1, 0.15) is 12.0 Å². The highest BCUT2D eigenvalue weighted by atomic mass is 35.5. The Balaban J connectivity index is 2.08. The summed E-state index contributed by atoms with van der Waals surface area (Å²) in [7, 11) is 0. The van der Waals surface area contributed by atoms with Crippen molar-refractivity contribution in [3.63, 3.8) is 0 Å². The molecule has 1 aromatic carbocycles. The van der Waals surface area contributed by atoms with Crippen molar-refractivity contribution in [3.8, 4) is 0 Å². The molecule has 0 fully saturated rings. The van der Waals surface area contributed by atoms with E-state index >= 15 is 0 Å². The first-order valence-electron chi connectivity index (χ1n) is 5.19. The van der Waals surface area contributed by atoms with Crippen molar-refractivity contribution in [2.45, 2.75) is 18.9 Å². The molecular weight excluding hydrogens is 229 g/mol. The summed E-state index contributed by atoms with van der Waals surface area (Å²) >= 11 is 5.92. The standard InChI is InChI=1S/C12H13ClFNO/c13-10-7-9(14)4-3-8(10)6-11(15)12-2-1-5-16-12/h2-4,7,11H,1,5-6,15H2. The van der Waals surface area contributed by atoms with Crippen LogP contribution in [0.2, 0.25) is 5.02 Å². The minimum Gasteiger partial charge on any atom is -0.496 e. The van der Waals surface area contributed by atoms with Crippen LogP contribution in [0, 0.1) is 5.82 Å². The lowest BCUT2D eigenvalue weighted by Gasteiger charge is -2.14. The van der Waals surface area contributed by atoms with E-state index in [0.29, 0.717) is 18.1 Å². The van der Waals surface area contributed by atoms with Crippen molar-refractivity contribution < 1.29 is 9.13 Å². The predicted molar refractivity (Wildman–Crippen MR) is 61.7 cm³/mol. The van der Waals surface area contributed by atoms with Crippen LogP contribution < -0.4 is 5.73 Å². The van der Waals surface area contributed by atoms with E-state index in [9.17, 15) is 4.39 Å². The van der Waals surface area contributed by atoms with Crippen molar-refractivity contribution in [3.05, 3.63) is 46.4 Å². The van der Waals surface area contributed by atoms with Gasteiger partial charge in [0, 0.05) is 11.4 Å². The zero-order valence-corrected chi connectivity index (χ0v) is 9.51. The van der Waals surface area contributed by atoms with E-state index in [1.165, 1.54) is 12.1 Å². The zero-order chi connectivity index (χ0) is 11.5. The minimum atomic E-state index is -0.335. The average molecular weight is 242 g/mol. The molecule has 0 saturated carbocycles. The van der Waals surface area contributed by atoms with Gasteiger partial charge in [-0.1, -0.05) is 17.7 Å². The number of nitrogens with two attached hydrogens (primary N) is 1. The second kappa shape index (κ2) is 4.85. The fourth-order valence-electron chi connectivity index (χ4n) is 1.72. The molecule has 2 nitrogen and oxygen atoms in total. The summed E-state index contributed by atoms with van der Waals surface area (Å²) in [5, 5.41) is 0.411. The normalized spacial score (nSPS) is 16.8. The highest BCUT2D eigenvalue weighted by Gasteiger charge is 2.16. The maximum Gasteiger partial charge on any atom is 0.124 e. The number of rotatable bonds is 3. The topological polar surface area (TPSA) is 35.2 Å². The average Bonchev–Trinajstić information content (AvgIpc) is 2.75. The monoisotopic (exact) mass is 241 g/mol. The van der Waals surface area contributed by atoms with Gasteiger partial charge in [-0.2, -0.15) is 0 Å². The summed E-state index contributed by atoms with van der Waals surface area (Å²) in [6.07, 6.45) is 3.45. The summed E-state index contributed by atoms with van der Waals surface area (Å²) in [6, 6.07) is 4.14. The highest BCUT2D eigenvalue weighted by Crippen LogP contribution is 2.21. The van der Waals surface area contributed by atoms with Gasteiger partial charge in [0.2, 0.25) is 0 Å². The number of benzene rings is 1. The number of hydrogen-bond acceptors (Lipinski definition) is 2. The predicted octanol–water partition coefficient (Wildman–Crippen LogP) is 2.65. The van der Waals surface area contributed by atoms with Gasteiger partial charge in [0.1, 0.15) is 11.6 Å². The molecule has 86 valence electrons. The van der Waals surface area contributed by atoms with E-state index in [2.05, 4.69) is 0 Å². The quantitative estimate of drug-likeness (QED) is 0.883. The molecule has 0 saturated heterocycles. The molecule has 1 aliphatic heterocycles. The number of halogens is 2. The molecule has 2 N–H and O–H groups in total. The van der Waals surface area contributed by atoms with E-state index in [-0.39, 0.29) is 11.9 Å². The fraction of sp³-hybridized carbons (Fsp3) is 0.333. The minimum absolute atomic E-state index is 0.203. The third-order valence-corrected chi connectivity index (χ3v) is 2.90. The Morgan fingerprint density at radius 3 is 2.94 bits per heavy atom. The molecule has 1 unspecified atom stereocenters. The molecule has 2 rings (SSSR count). The van der Waals surface area contributed by atoms with E-state index in [1.807, 2.05) is 6.08 Å². The van der Waals surface area contributed by atoms with Gasteiger partial charge in [-0.3, -0.25) is 0 Å². The van der Waals surface area contributed by atoms with Crippen LogP contribution in [0.4, 0.5) is 4.39 Å². The summed E-state index contributed by atoms with van der Waals surface area (Å²) in [5.74, 6) is 0.471. The highest BCUT2D eigenvalue weighted by molar-refractivity contribution is 6.31. The maximum atomic E-state index is 12.8. The molecule has 16 heavy (non-hydrogen) atoms. The Bertz CT molecular complexity index is 419.